The molecule has 1 aliphatic heterocycles. The first-order valence-electron chi connectivity index (χ1n) is 9.96. The molecule has 8 nitrogen and oxygen atoms in total. The second kappa shape index (κ2) is 9.15. The van der Waals surface area contributed by atoms with E-state index in [9.17, 15) is 0 Å². The smallest absolute Gasteiger partial charge is 0.175 e. The number of anilines is 2. The van der Waals surface area contributed by atoms with Crippen LogP contribution in [0.25, 0.3) is 11.2 Å². The van der Waals surface area contributed by atoms with Crippen molar-refractivity contribution in [2.75, 3.05) is 43.9 Å². The van der Waals surface area contributed by atoms with Gasteiger partial charge in [0.2, 0.25) is 0 Å². The van der Waals surface area contributed by atoms with Gasteiger partial charge in [-0.3, -0.25) is 0 Å². The molecule has 160 valence electrons. The number of nitrogens with one attached hydrogen (secondary N) is 1. The SMILES string of the molecule is CC(C)CNCCn1c(Sc2cc3c(cc2I)N(C)CCO3)nc2c(N)ncnc21. The summed E-state index contributed by atoms with van der Waals surface area (Å²) in [7, 11) is 2.09. The van der Waals surface area contributed by atoms with Gasteiger partial charge in [0.1, 0.15) is 18.7 Å². The molecule has 1 aromatic carbocycles. The highest BCUT2D eigenvalue weighted by atomic mass is 127. The molecule has 3 heterocycles. The topological polar surface area (TPSA) is 94.1 Å². The standard InChI is InChI=1S/C20H26IN7OS/c1-12(2)10-23-4-5-28-19-17(18(22)24-11-25-19)26-20(28)30-16-9-15-14(8-13(16)21)27(3)6-7-29-15/h8-9,11-12,23H,4-7,10H2,1-3H3,(H2,22,24,25). The first-order chi connectivity index (χ1) is 14.4. The van der Waals surface area contributed by atoms with Gasteiger partial charge in [-0.2, -0.15) is 0 Å². The van der Waals surface area contributed by atoms with Crippen molar-refractivity contribution in [2.24, 2.45) is 5.92 Å². The molecule has 2 aromatic heterocycles. The molecular weight excluding hydrogens is 513 g/mol. The summed E-state index contributed by atoms with van der Waals surface area (Å²) < 4.78 is 9.18. The molecule has 3 aromatic rings. The van der Waals surface area contributed by atoms with Gasteiger partial charge in [-0.15, -0.1) is 0 Å². The van der Waals surface area contributed by atoms with Crippen molar-refractivity contribution in [3.8, 4) is 5.75 Å². The Labute approximate surface area is 194 Å². The number of likely N-dealkylation sites (N-methyl/N-ethyl adjacent to an activating group) is 1. The number of fused-ring (bicyclic) bond motifs is 2. The van der Waals surface area contributed by atoms with E-state index in [1.54, 1.807) is 11.8 Å². The summed E-state index contributed by atoms with van der Waals surface area (Å²) in [6.45, 7) is 8.55. The maximum Gasteiger partial charge on any atom is 0.175 e. The third-order valence-electron chi connectivity index (χ3n) is 4.90. The Morgan fingerprint density at radius 1 is 1.33 bits per heavy atom. The van der Waals surface area contributed by atoms with Crippen molar-refractivity contribution in [3.63, 3.8) is 0 Å². The van der Waals surface area contributed by atoms with Crippen LogP contribution in [0.5, 0.6) is 5.75 Å². The van der Waals surface area contributed by atoms with Crippen molar-refractivity contribution in [1.29, 1.82) is 0 Å². The third kappa shape index (κ3) is 4.45. The fourth-order valence-electron chi connectivity index (χ4n) is 3.32. The van der Waals surface area contributed by atoms with Crippen molar-refractivity contribution in [3.05, 3.63) is 22.0 Å². The summed E-state index contributed by atoms with van der Waals surface area (Å²) in [5.74, 6) is 1.92. The van der Waals surface area contributed by atoms with Gasteiger partial charge in [0.15, 0.2) is 22.1 Å². The van der Waals surface area contributed by atoms with Crippen molar-refractivity contribution in [2.45, 2.75) is 30.4 Å². The van der Waals surface area contributed by atoms with Gasteiger partial charge >= 0.3 is 0 Å². The summed E-state index contributed by atoms with van der Waals surface area (Å²) in [6.07, 6.45) is 1.50. The first kappa shape index (κ1) is 21.4. The van der Waals surface area contributed by atoms with Crippen LogP contribution in [0.2, 0.25) is 0 Å². The first-order valence-corrected chi connectivity index (χ1v) is 11.9. The number of ether oxygens (including phenoxy) is 1. The summed E-state index contributed by atoms with van der Waals surface area (Å²) in [4.78, 5) is 16.7. The molecule has 0 spiro atoms. The van der Waals surface area contributed by atoms with Crippen LogP contribution < -0.4 is 20.7 Å². The van der Waals surface area contributed by atoms with E-state index in [1.807, 2.05) is 0 Å². The Kier molecular flexibility index (Phi) is 6.54. The molecule has 10 heteroatoms. The third-order valence-corrected chi connectivity index (χ3v) is 7.21. The van der Waals surface area contributed by atoms with E-state index in [2.05, 4.69) is 80.4 Å². The highest BCUT2D eigenvalue weighted by molar-refractivity contribution is 14.1. The number of aromatic nitrogens is 4. The zero-order valence-electron chi connectivity index (χ0n) is 17.4. The van der Waals surface area contributed by atoms with Crippen LogP contribution in [-0.4, -0.2) is 52.8 Å². The molecule has 0 atom stereocenters. The average molecular weight is 539 g/mol. The van der Waals surface area contributed by atoms with E-state index in [4.69, 9.17) is 15.5 Å². The molecule has 1 aliphatic rings. The van der Waals surface area contributed by atoms with Gasteiger partial charge in [0, 0.05) is 28.6 Å². The minimum Gasteiger partial charge on any atom is -0.490 e. The fraction of sp³-hybridized carbons (Fsp3) is 0.450. The van der Waals surface area contributed by atoms with E-state index in [-0.39, 0.29) is 0 Å². The Balaban J connectivity index is 1.66. The number of halogens is 1. The van der Waals surface area contributed by atoms with Gasteiger partial charge < -0.3 is 25.3 Å². The zero-order chi connectivity index (χ0) is 21.3. The van der Waals surface area contributed by atoms with Gasteiger partial charge in [0.25, 0.3) is 0 Å². The van der Waals surface area contributed by atoms with Crippen LogP contribution in [0.3, 0.4) is 0 Å². The van der Waals surface area contributed by atoms with Crippen molar-refractivity contribution in [1.82, 2.24) is 24.8 Å². The highest BCUT2D eigenvalue weighted by Gasteiger charge is 2.21. The molecule has 0 unspecified atom stereocenters. The summed E-state index contributed by atoms with van der Waals surface area (Å²) >= 11 is 3.99. The van der Waals surface area contributed by atoms with Crippen LogP contribution in [0, 0.1) is 9.49 Å². The lowest BCUT2D eigenvalue weighted by Gasteiger charge is -2.28. The van der Waals surface area contributed by atoms with Gasteiger partial charge in [-0.25, -0.2) is 15.0 Å². The summed E-state index contributed by atoms with van der Waals surface area (Å²) in [6, 6.07) is 4.27. The molecule has 0 amide bonds. The van der Waals surface area contributed by atoms with Gasteiger partial charge in [0.05, 0.1) is 12.2 Å². The molecule has 30 heavy (non-hydrogen) atoms. The molecule has 0 bridgehead atoms. The molecule has 3 N–H and O–H groups in total. The van der Waals surface area contributed by atoms with Crippen LogP contribution in [-0.2, 0) is 6.54 Å². The van der Waals surface area contributed by atoms with E-state index in [0.717, 1.165) is 56.9 Å². The van der Waals surface area contributed by atoms with Crippen molar-refractivity contribution < 1.29 is 4.74 Å². The molecule has 0 aliphatic carbocycles. The Bertz CT molecular complexity index is 1060. The van der Waals surface area contributed by atoms with Gasteiger partial charge in [-0.1, -0.05) is 25.6 Å². The molecule has 0 saturated carbocycles. The lowest BCUT2D eigenvalue weighted by molar-refractivity contribution is 0.310. The molecule has 0 fully saturated rings. The summed E-state index contributed by atoms with van der Waals surface area (Å²) in [5.41, 5.74) is 8.62. The molecular formula is C20H26IN7OS. The number of hydrogen-bond acceptors (Lipinski definition) is 8. The quantitative estimate of drug-likeness (QED) is 0.349. The fourth-order valence-corrected chi connectivity index (χ4v) is 5.05. The Morgan fingerprint density at radius 3 is 2.97 bits per heavy atom. The van der Waals surface area contributed by atoms with Crippen LogP contribution in [0.15, 0.2) is 28.5 Å². The predicted molar refractivity (Wildman–Crippen MR) is 129 cm³/mol. The number of nitrogens with zero attached hydrogens (tertiary/aromatic N) is 5. The van der Waals surface area contributed by atoms with E-state index in [1.165, 1.54) is 6.33 Å². The second-order valence-corrected chi connectivity index (χ2v) is 9.87. The van der Waals surface area contributed by atoms with Crippen molar-refractivity contribution >= 4 is 57.0 Å². The normalized spacial score (nSPS) is 13.7. The van der Waals surface area contributed by atoms with Gasteiger partial charge in [-0.05, 0) is 47.2 Å². The average Bonchev–Trinajstić information content (AvgIpc) is 3.05. The van der Waals surface area contributed by atoms with E-state index in [0.29, 0.717) is 23.9 Å². The monoisotopic (exact) mass is 539 g/mol. The minimum atomic E-state index is 0.404. The number of imidazole rings is 1. The van der Waals surface area contributed by atoms with E-state index < -0.39 is 0 Å². The maximum absolute atomic E-state index is 6.08. The predicted octanol–water partition coefficient (Wildman–Crippen LogP) is 3.24. The summed E-state index contributed by atoms with van der Waals surface area (Å²) in [5, 5.41) is 4.34. The number of benzene rings is 1. The largest absolute Gasteiger partial charge is 0.490 e. The zero-order valence-corrected chi connectivity index (χ0v) is 20.3. The number of rotatable bonds is 7. The highest BCUT2D eigenvalue weighted by Crippen LogP contribution is 2.40. The number of hydrogen-bond donors (Lipinski definition) is 2. The molecule has 4 rings (SSSR count). The number of nitrogens with two attached hydrogens (primary N) is 1. The van der Waals surface area contributed by atoms with E-state index >= 15 is 0 Å². The second-order valence-electron chi connectivity index (χ2n) is 7.70. The van der Waals surface area contributed by atoms with Crippen LogP contribution in [0.1, 0.15) is 13.8 Å². The maximum atomic E-state index is 6.08. The van der Waals surface area contributed by atoms with Crippen LogP contribution >= 0.6 is 34.4 Å². The van der Waals surface area contributed by atoms with Crippen LogP contribution in [0.4, 0.5) is 11.5 Å². The molecule has 0 saturated heterocycles. The lowest BCUT2D eigenvalue weighted by atomic mass is 10.2. The lowest BCUT2D eigenvalue weighted by Crippen LogP contribution is -2.28. The minimum absolute atomic E-state index is 0.404. The molecule has 0 radical (unpaired) electrons. The Hall–Kier alpha value is -1.79. The number of nitrogen functional groups attached to an aromatic ring is 1. The Morgan fingerprint density at radius 2 is 2.17 bits per heavy atom.